The molecule has 10 heavy (non-hydrogen) atoms. The molecule has 0 saturated carbocycles. The van der Waals surface area contributed by atoms with Crippen molar-refractivity contribution in [3.8, 4) is 0 Å². The van der Waals surface area contributed by atoms with Gasteiger partial charge < -0.3 is 5.32 Å². The molecule has 0 aromatic carbocycles. The smallest absolute Gasteiger partial charge is 0.323 e. The van der Waals surface area contributed by atoms with Crippen molar-refractivity contribution in [1.82, 2.24) is 5.32 Å². The number of oxime groups is 1. The van der Waals surface area contributed by atoms with Gasteiger partial charge in [-0.3, -0.25) is 4.84 Å². The first-order valence-corrected chi connectivity index (χ1v) is 2.74. The van der Waals surface area contributed by atoms with E-state index in [1.807, 2.05) is 0 Å². The van der Waals surface area contributed by atoms with Crippen molar-refractivity contribution >= 4 is 12.3 Å². The summed E-state index contributed by atoms with van der Waals surface area (Å²) in [6.45, 7) is 5.26. The predicted molar refractivity (Wildman–Crippen MR) is 38.8 cm³/mol. The third-order valence-corrected chi connectivity index (χ3v) is 0.613. The Labute approximate surface area is 59.5 Å². The minimum Gasteiger partial charge on any atom is -0.323 e. The summed E-state index contributed by atoms with van der Waals surface area (Å²) in [7, 11) is 1.46. The van der Waals surface area contributed by atoms with Crippen molar-refractivity contribution in [2.24, 2.45) is 5.16 Å². The van der Waals surface area contributed by atoms with Crippen LogP contribution in [0, 0.1) is 0 Å². The number of carbonyl (C=O) groups excluding carboxylic acids is 1. The Balaban J connectivity index is 3.53. The number of amides is 1. The molecular weight excluding hydrogens is 132 g/mol. The molecule has 0 unspecified atom stereocenters. The fourth-order valence-corrected chi connectivity index (χ4v) is 0.210. The Kier molecular flexibility index (Phi) is 3.95. The summed E-state index contributed by atoms with van der Waals surface area (Å²) in [4.78, 5) is 14.6. The molecule has 0 fully saturated rings. The minimum atomic E-state index is -0.586. The van der Waals surface area contributed by atoms with Crippen LogP contribution >= 0.6 is 0 Å². The normalized spacial score (nSPS) is 9.40. The highest BCUT2D eigenvalue weighted by atomic mass is 16.7. The maximum atomic E-state index is 10.3. The van der Waals surface area contributed by atoms with Gasteiger partial charge in [-0.25, -0.2) is 4.79 Å². The molecule has 0 atom stereocenters. The van der Waals surface area contributed by atoms with Crippen LogP contribution in [0.5, 0.6) is 0 Å². The van der Waals surface area contributed by atoms with Gasteiger partial charge in [0.2, 0.25) is 0 Å². The molecule has 0 aromatic heterocycles. The third kappa shape index (κ3) is 4.83. The van der Waals surface area contributed by atoms with Gasteiger partial charge in [0.25, 0.3) is 0 Å². The van der Waals surface area contributed by atoms with Crippen molar-refractivity contribution in [2.75, 3.05) is 7.05 Å². The molecule has 0 heterocycles. The summed E-state index contributed by atoms with van der Waals surface area (Å²) in [6, 6.07) is 0. The van der Waals surface area contributed by atoms with Crippen LogP contribution in [-0.2, 0) is 4.84 Å². The summed E-state index contributed by atoms with van der Waals surface area (Å²) in [6.07, 6.45) is 0.771. The molecular formula is C6H10N2O2. The van der Waals surface area contributed by atoms with Crippen molar-refractivity contribution in [1.29, 1.82) is 0 Å². The number of allylic oxidation sites excluding steroid dienone is 1. The van der Waals surface area contributed by atoms with Crippen LogP contribution in [0.4, 0.5) is 4.79 Å². The second-order valence-electron chi connectivity index (χ2n) is 1.71. The van der Waals surface area contributed by atoms with E-state index in [9.17, 15) is 4.79 Å². The molecule has 1 amide bonds. The lowest BCUT2D eigenvalue weighted by molar-refractivity contribution is 0.154. The fourth-order valence-electron chi connectivity index (χ4n) is 0.210. The summed E-state index contributed by atoms with van der Waals surface area (Å²) in [5.74, 6) is 0. The number of nitrogens with one attached hydrogen (secondary N) is 1. The average molecular weight is 142 g/mol. The van der Waals surface area contributed by atoms with Gasteiger partial charge in [0, 0.05) is 7.05 Å². The second-order valence-corrected chi connectivity index (χ2v) is 1.71. The maximum absolute atomic E-state index is 10.3. The molecule has 0 aliphatic heterocycles. The van der Waals surface area contributed by atoms with Gasteiger partial charge in [-0.15, -0.1) is 0 Å². The van der Waals surface area contributed by atoms with Crippen molar-refractivity contribution in [3.05, 3.63) is 12.2 Å². The maximum Gasteiger partial charge on any atom is 0.433 e. The highest BCUT2D eigenvalue weighted by Gasteiger charge is 1.91. The molecule has 1 N–H and O–H groups in total. The monoisotopic (exact) mass is 142 g/mol. The summed E-state index contributed by atoms with van der Waals surface area (Å²) < 4.78 is 0. The molecule has 0 radical (unpaired) electrons. The number of hydrogen-bond donors (Lipinski definition) is 1. The van der Waals surface area contributed by atoms with Crippen LogP contribution in [0.1, 0.15) is 6.92 Å². The molecule has 0 aromatic rings. The van der Waals surface area contributed by atoms with Crippen molar-refractivity contribution < 1.29 is 9.63 Å². The Morgan fingerprint density at radius 2 is 2.40 bits per heavy atom. The molecule has 0 spiro atoms. The first kappa shape index (κ1) is 8.68. The van der Waals surface area contributed by atoms with Crippen LogP contribution in [0.2, 0.25) is 0 Å². The minimum absolute atomic E-state index is 0.586. The lowest BCUT2D eigenvalue weighted by atomic mass is 10.4. The predicted octanol–water partition coefficient (Wildman–Crippen LogP) is 0.904. The Morgan fingerprint density at radius 3 is 2.80 bits per heavy atom. The fraction of sp³-hybridized carbons (Fsp3) is 0.333. The van der Waals surface area contributed by atoms with E-state index in [2.05, 4.69) is 21.9 Å². The highest BCUT2D eigenvalue weighted by Crippen LogP contribution is 1.81. The molecule has 0 rings (SSSR count). The lowest BCUT2D eigenvalue weighted by Gasteiger charge is -1.92. The molecule has 0 aliphatic carbocycles. The number of hydrogen-bond acceptors (Lipinski definition) is 3. The number of rotatable bonds is 2. The van der Waals surface area contributed by atoms with E-state index in [4.69, 9.17) is 0 Å². The quantitative estimate of drug-likeness (QED) is 0.354. The van der Waals surface area contributed by atoms with Gasteiger partial charge in [-0.2, -0.15) is 0 Å². The Morgan fingerprint density at radius 1 is 1.80 bits per heavy atom. The van der Waals surface area contributed by atoms with Crippen LogP contribution in [-0.4, -0.2) is 19.4 Å². The lowest BCUT2D eigenvalue weighted by Crippen LogP contribution is -2.16. The SMILES string of the molecule is C=C(C)C=NOC(=O)NC. The van der Waals surface area contributed by atoms with Gasteiger partial charge in [-0.1, -0.05) is 11.7 Å². The first-order chi connectivity index (χ1) is 4.66. The van der Waals surface area contributed by atoms with Gasteiger partial charge in [0.15, 0.2) is 0 Å². The van der Waals surface area contributed by atoms with Crippen LogP contribution in [0.25, 0.3) is 0 Å². The van der Waals surface area contributed by atoms with E-state index >= 15 is 0 Å². The highest BCUT2D eigenvalue weighted by molar-refractivity contribution is 5.77. The van der Waals surface area contributed by atoms with E-state index in [0.29, 0.717) is 0 Å². The molecule has 4 heteroatoms. The molecule has 0 aliphatic rings. The largest absolute Gasteiger partial charge is 0.433 e. The zero-order valence-electron chi connectivity index (χ0n) is 6.05. The molecule has 0 saturated heterocycles. The molecule has 4 nitrogen and oxygen atoms in total. The van der Waals surface area contributed by atoms with Crippen LogP contribution < -0.4 is 5.32 Å². The van der Waals surface area contributed by atoms with E-state index in [1.54, 1.807) is 6.92 Å². The molecule has 0 bridgehead atoms. The van der Waals surface area contributed by atoms with E-state index in [0.717, 1.165) is 5.57 Å². The van der Waals surface area contributed by atoms with Crippen molar-refractivity contribution in [2.45, 2.75) is 6.92 Å². The van der Waals surface area contributed by atoms with E-state index in [-0.39, 0.29) is 0 Å². The number of nitrogens with zero attached hydrogens (tertiary/aromatic N) is 1. The number of carbonyl (C=O) groups is 1. The second kappa shape index (κ2) is 4.55. The summed E-state index contributed by atoms with van der Waals surface area (Å²) in [5.41, 5.74) is 0.726. The first-order valence-electron chi connectivity index (χ1n) is 2.74. The summed E-state index contributed by atoms with van der Waals surface area (Å²) in [5, 5.41) is 5.54. The van der Waals surface area contributed by atoms with Gasteiger partial charge >= 0.3 is 6.09 Å². The summed E-state index contributed by atoms with van der Waals surface area (Å²) >= 11 is 0. The third-order valence-electron chi connectivity index (χ3n) is 0.613. The Bertz CT molecular complexity index is 163. The van der Waals surface area contributed by atoms with Gasteiger partial charge in [0.1, 0.15) is 0 Å². The van der Waals surface area contributed by atoms with E-state index in [1.165, 1.54) is 13.3 Å². The standard InChI is InChI=1S/C6H10N2O2/c1-5(2)4-8-10-6(9)7-3/h4H,1H2,2-3H3,(H,7,9). The average Bonchev–Trinajstić information content (AvgIpc) is 1.87. The van der Waals surface area contributed by atoms with E-state index < -0.39 is 6.09 Å². The van der Waals surface area contributed by atoms with Crippen LogP contribution in [0.3, 0.4) is 0 Å². The van der Waals surface area contributed by atoms with Gasteiger partial charge in [-0.05, 0) is 12.5 Å². The topological polar surface area (TPSA) is 50.7 Å². The zero-order chi connectivity index (χ0) is 7.98. The van der Waals surface area contributed by atoms with Crippen molar-refractivity contribution in [3.63, 3.8) is 0 Å². The zero-order valence-corrected chi connectivity index (χ0v) is 6.05. The van der Waals surface area contributed by atoms with Crippen LogP contribution in [0.15, 0.2) is 17.3 Å². The molecule has 56 valence electrons. The Hall–Kier alpha value is -1.32. The van der Waals surface area contributed by atoms with Gasteiger partial charge in [0.05, 0.1) is 6.21 Å².